The fraction of sp³-hybridized carbons (Fsp3) is 0.417. The van der Waals surface area contributed by atoms with Crippen molar-refractivity contribution in [3.05, 3.63) is 22.8 Å². The van der Waals surface area contributed by atoms with Gasteiger partial charge in [-0.05, 0) is 30.7 Å². The number of rotatable bonds is 0. The standard InChI is InChI=1S/C12H13NO3/c1-13-3-2-6-4-9(15)12(16)11-8(14)5-7(13)10(6)11/h4,7,15-16H,2-3,5H2,1H3. The van der Waals surface area contributed by atoms with Crippen LogP contribution >= 0.6 is 0 Å². The Morgan fingerprint density at radius 3 is 2.94 bits per heavy atom. The Hall–Kier alpha value is -1.55. The molecule has 4 heteroatoms. The summed E-state index contributed by atoms with van der Waals surface area (Å²) >= 11 is 0. The zero-order valence-corrected chi connectivity index (χ0v) is 9.03. The fourth-order valence-corrected chi connectivity index (χ4v) is 2.81. The second-order valence-electron chi connectivity index (χ2n) is 4.57. The van der Waals surface area contributed by atoms with Crippen LogP contribution in [0.4, 0.5) is 0 Å². The second kappa shape index (κ2) is 2.98. The van der Waals surface area contributed by atoms with Crippen molar-refractivity contribution in [1.82, 2.24) is 4.90 Å². The summed E-state index contributed by atoms with van der Waals surface area (Å²) in [4.78, 5) is 14.0. The van der Waals surface area contributed by atoms with Crippen molar-refractivity contribution in [2.45, 2.75) is 18.9 Å². The predicted molar refractivity (Wildman–Crippen MR) is 57.8 cm³/mol. The Labute approximate surface area is 93.1 Å². The molecule has 3 rings (SSSR count). The molecule has 1 heterocycles. The normalized spacial score (nSPS) is 23.6. The highest BCUT2D eigenvalue weighted by Crippen LogP contribution is 2.47. The van der Waals surface area contributed by atoms with Crippen LogP contribution in [0, 0.1) is 0 Å². The van der Waals surface area contributed by atoms with Crippen molar-refractivity contribution in [2.24, 2.45) is 0 Å². The summed E-state index contributed by atoms with van der Waals surface area (Å²) in [5.41, 5.74) is 2.26. The van der Waals surface area contributed by atoms with Crippen LogP contribution < -0.4 is 0 Å². The minimum Gasteiger partial charge on any atom is -0.504 e. The summed E-state index contributed by atoms with van der Waals surface area (Å²) in [5.74, 6) is -0.489. The molecule has 4 nitrogen and oxygen atoms in total. The van der Waals surface area contributed by atoms with Gasteiger partial charge < -0.3 is 10.2 Å². The highest BCUT2D eigenvalue weighted by molar-refractivity contribution is 6.04. The molecule has 1 unspecified atom stereocenters. The smallest absolute Gasteiger partial charge is 0.168 e. The van der Waals surface area contributed by atoms with Gasteiger partial charge in [0, 0.05) is 19.0 Å². The van der Waals surface area contributed by atoms with E-state index in [4.69, 9.17) is 0 Å². The van der Waals surface area contributed by atoms with Crippen LogP contribution in [0.2, 0.25) is 0 Å². The number of aromatic hydroxyl groups is 2. The SMILES string of the molecule is CN1CCc2cc(O)c(O)c3c2C1CC3=O. The van der Waals surface area contributed by atoms with Crippen molar-refractivity contribution in [3.63, 3.8) is 0 Å². The Morgan fingerprint density at radius 1 is 1.44 bits per heavy atom. The number of carbonyl (C=O) groups excluding carboxylic acids is 1. The largest absolute Gasteiger partial charge is 0.504 e. The van der Waals surface area contributed by atoms with Crippen molar-refractivity contribution in [3.8, 4) is 11.5 Å². The van der Waals surface area contributed by atoms with Gasteiger partial charge in [0.1, 0.15) is 0 Å². The van der Waals surface area contributed by atoms with Crippen molar-refractivity contribution in [1.29, 1.82) is 0 Å². The topological polar surface area (TPSA) is 60.8 Å². The van der Waals surface area contributed by atoms with Gasteiger partial charge >= 0.3 is 0 Å². The molecule has 1 aromatic rings. The number of Topliss-reactive ketones (excluding diaryl/α,β-unsaturated/α-hetero) is 1. The van der Waals surface area contributed by atoms with Crippen LogP contribution in [0.1, 0.15) is 33.9 Å². The molecule has 0 fully saturated rings. The average Bonchev–Trinajstić information content (AvgIpc) is 2.59. The minimum absolute atomic E-state index is 0.0663. The van der Waals surface area contributed by atoms with Crippen molar-refractivity contribution < 1.29 is 15.0 Å². The summed E-state index contributed by atoms with van der Waals surface area (Å²) in [6.45, 7) is 0.884. The molecule has 0 amide bonds. The maximum atomic E-state index is 11.8. The Balaban J connectivity index is 2.31. The van der Waals surface area contributed by atoms with Crippen LogP contribution in [-0.2, 0) is 6.42 Å². The lowest BCUT2D eigenvalue weighted by Gasteiger charge is -2.31. The van der Waals surface area contributed by atoms with E-state index < -0.39 is 0 Å². The van der Waals surface area contributed by atoms with E-state index in [0.717, 1.165) is 24.1 Å². The van der Waals surface area contributed by atoms with Gasteiger partial charge in [-0.25, -0.2) is 0 Å². The van der Waals surface area contributed by atoms with E-state index in [1.165, 1.54) is 0 Å². The van der Waals surface area contributed by atoms with Crippen LogP contribution in [0.15, 0.2) is 6.07 Å². The van der Waals surface area contributed by atoms with Gasteiger partial charge in [0.15, 0.2) is 17.3 Å². The van der Waals surface area contributed by atoms with Crippen LogP contribution in [0.25, 0.3) is 0 Å². The van der Waals surface area contributed by atoms with E-state index in [2.05, 4.69) is 4.90 Å². The first kappa shape index (κ1) is 9.66. The molecule has 0 bridgehead atoms. The number of nitrogens with zero attached hydrogens (tertiary/aromatic N) is 1. The molecular weight excluding hydrogens is 206 g/mol. The number of carbonyl (C=O) groups is 1. The van der Waals surface area contributed by atoms with E-state index >= 15 is 0 Å². The number of ketones is 1. The van der Waals surface area contributed by atoms with Crippen molar-refractivity contribution >= 4 is 5.78 Å². The third-order valence-electron chi connectivity index (χ3n) is 3.66. The monoisotopic (exact) mass is 219 g/mol. The highest BCUT2D eigenvalue weighted by atomic mass is 16.3. The zero-order valence-electron chi connectivity index (χ0n) is 9.03. The predicted octanol–water partition coefficient (Wildman–Crippen LogP) is 1.21. The number of phenols is 2. The molecule has 2 N–H and O–H groups in total. The average molecular weight is 219 g/mol. The molecule has 1 aliphatic carbocycles. The van der Waals surface area contributed by atoms with Gasteiger partial charge in [0.05, 0.1) is 5.56 Å². The number of hydrogen-bond acceptors (Lipinski definition) is 4. The molecule has 0 aromatic heterocycles. The summed E-state index contributed by atoms with van der Waals surface area (Å²) in [6.07, 6.45) is 1.23. The first-order chi connectivity index (χ1) is 7.59. The van der Waals surface area contributed by atoms with Gasteiger partial charge in [-0.15, -0.1) is 0 Å². The van der Waals surface area contributed by atoms with Crippen LogP contribution in [0.5, 0.6) is 11.5 Å². The third kappa shape index (κ3) is 1.05. The Kier molecular flexibility index (Phi) is 1.80. The van der Waals surface area contributed by atoms with Crippen LogP contribution in [-0.4, -0.2) is 34.5 Å². The lowest BCUT2D eigenvalue weighted by Crippen LogP contribution is -2.30. The molecule has 0 radical (unpaired) electrons. The molecule has 1 atom stereocenters. The van der Waals surface area contributed by atoms with Gasteiger partial charge in [0.25, 0.3) is 0 Å². The molecule has 0 saturated heterocycles. The summed E-state index contributed by atoms with van der Waals surface area (Å²) in [5, 5.41) is 19.3. The van der Waals surface area contributed by atoms with E-state index in [9.17, 15) is 15.0 Å². The Bertz CT molecular complexity index is 496. The van der Waals surface area contributed by atoms with E-state index in [1.54, 1.807) is 6.07 Å². The molecule has 2 aliphatic rings. The van der Waals surface area contributed by atoms with E-state index in [1.807, 2.05) is 7.05 Å². The molecular formula is C12H13NO3. The lowest BCUT2D eigenvalue weighted by molar-refractivity contribution is 0.0960. The number of benzene rings is 1. The maximum Gasteiger partial charge on any atom is 0.168 e. The summed E-state index contributed by atoms with van der Waals surface area (Å²) in [7, 11) is 1.99. The number of likely N-dealkylation sites (N-methyl/N-ethyl adjacent to an activating group) is 1. The number of hydrogen-bond donors (Lipinski definition) is 2. The fourth-order valence-electron chi connectivity index (χ4n) is 2.81. The molecule has 0 spiro atoms. The molecule has 0 saturated carbocycles. The minimum atomic E-state index is -0.249. The molecule has 1 aromatic carbocycles. The molecule has 84 valence electrons. The van der Waals surface area contributed by atoms with Crippen molar-refractivity contribution in [2.75, 3.05) is 13.6 Å². The van der Waals surface area contributed by atoms with Gasteiger partial charge in [0.2, 0.25) is 0 Å². The second-order valence-corrected chi connectivity index (χ2v) is 4.57. The maximum absolute atomic E-state index is 11.8. The van der Waals surface area contributed by atoms with Gasteiger partial charge in [-0.1, -0.05) is 0 Å². The van der Waals surface area contributed by atoms with E-state index in [-0.39, 0.29) is 23.3 Å². The summed E-state index contributed by atoms with van der Waals surface area (Å²) < 4.78 is 0. The van der Waals surface area contributed by atoms with Crippen LogP contribution in [0.3, 0.4) is 0 Å². The summed E-state index contributed by atoms with van der Waals surface area (Å²) in [6, 6.07) is 1.67. The Morgan fingerprint density at radius 2 is 2.19 bits per heavy atom. The van der Waals surface area contributed by atoms with Gasteiger partial charge in [-0.3, -0.25) is 9.69 Å². The van der Waals surface area contributed by atoms with E-state index in [0.29, 0.717) is 12.0 Å². The van der Waals surface area contributed by atoms with Gasteiger partial charge in [-0.2, -0.15) is 0 Å². The first-order valence-electron chi connectivity index (χ1n) is 5.40. The molecule has 16 heavy (non-hydrogen) atoms. The lowest BCUT2D eigenvalue weighted by atomic mass is 9.93. The quantitative estimate of drug-likeness (QED) is 0.644. The highest BCUT2D eigenvalue weighted by Gasteiger charge is 2.39. The number of phenolic OH excluding ortho intramolecular Hbond substituents is 2. The zero-order chi connectivity index (χ0) is 11.4. The molecule has 1 aliphatic heterocycles. The third-order valence-corrected chi connectivity index (χ3v) is 3.66. The first-order valence-corrected chi connectivity index (χ1v) is 5.40.